The van der Waals surface area contributed by atoms with Gasteiger partial charge in [-0.25, -0.2) is 0 Å². The lowest BCUT2D eigenvalue weighted by Crippen LogP contribution is -1.78. The molecule has 5 heteroatoms. The third-order valence-corrected chi connectivity index (χ3v) is 0.601. The number of aliphatic carboxylic acids is 1. The monoisotopic (exact) mass is 163 g/mol. The highest BCUT2D eigenvalue weighted by molar-refractivity contribution is 6.29. The van der Waals surface area contributed by atoms with E-state index in [0.717, 1.165) is 6.92 Å². The molecule has 0 aliphatic heterocycles. The van der Waals surface area contributed by atoms with Crippen molar-refractivity contribution in [2.45, 2.75) is 6.92 Å². The standard InChI is InChI=1S/C3H2ClNO.C2H4O2/c4-3-1-2-6-5-3;1-2(3)4/h1-2H;1H3,(H,3,4). The van der Waals surface area contributed by atoms with Gasteiger partial charge in [0, 0.05) is 13.0 Å². The number of aromatic nitrogens is 1. The Balaban J connectivity index is 0.000000180. The third kappa shape index (κ3) is 6.97. The van der Waals surface area contributed by atoms with Crippen LogP contribution in [0.25, 0.3) is 0 Å². The van der Waals surface area contributed by atoms with E-state index >= 15 is 0 Å². The van der Waals surface area contributed by atoms with Crippen LogP contribution in [0.15, 0.2) is 16.9 Å². The molecule has 0 saturated heterocycles. The second kappa shape index (κ2) is 4.81. The van der Waals surface area contributed by atoms with Gasteiger partial charge in [-0.3, -0.25) is 4.79 Å². The summed E-state index contributed by atoms with van der Waals surface area (Å²) in [4.78, 5) is 9.00. The lowest BCUT2D eigenvalue weighted by Gasteiger charge is -1.59. The second-order valence-electron chi connectivity index (χ2n) is 1.34. The smallest absolute Gasteiger partial charge is 0.300 e. The van der Waals surface area contributed by atoms with Crippen LogP contribution in [0.5, 0.6) is 0 Å². The van der Waals surface area contributed by atoms with Crippen molar-refractivity contribution in [2.24, 2.45) is 0 Å². The first-order valence-corrected chi connectivity index (χ1v) is 2.76. The zero-order chi connectivity index (χ0) is 7.98. The molecular formula is C5H6ClNO3. The van der Waals surface area contributed by atoms with Gasteiger partial charge in [0.1, 0.15) is 6.26 Å². The lowest BCUT2D eigenvalue weighted by molar-refractivity contribution is -0.134. The van der Waals surface area contributed by atoms with Crippen LogP contribution >= 0.6 is 11.6 Å². The zero-order valence-electron chi connectivity index (χ0n) is 5.24. The molecule has 1 aromatic rings. The molecule has 0 saturated carbocycles. The number of halogens is 1. The van der Waals surface area contributed by atoms with Crippen LogP contribution in [0.4, 0.5) is 0 Å². The molecule has 0 radical (unpaired) electrons. The van der Waals surface area contributed by atoms with Crippen molar-refractivity contribution in [1.29, 1.82) is 0 Å². The summed E-state index contributed by atoms with van der Waals surface area (Å²) in [7, 11) is 0. The first-order valence-electron chi connectivity index (χ1n) is 2.38. The van der Waals surface area contributed by atoms with Crippen LogP contribution in [-0.4, -0.2) is 16.2 Å². The van der Waals surface area contributed by atoms with Gasteiger partial charge in [0.05, 0.1) is 0 Å². The summed E-state index contributed by atoms with van der Waals surface area (Å²) < 4.78 is 4.33. The summed E-state index contributed by atoms with van der Waals surface area (Å²) in [5, 5.41) is 11.1. The molecule has 1 heterocycles. The Morgan fingerprint density at radius 2 is 2.40 bits per heavy atom. The molecule has 1 N–H and O–H groups in total. The Hall–Kier alpha value is -1.03. The van der Waals surface area contributed by atoms with Crippen LogP contribution in [0, 0.1) is 0 Å². The van der Waals surface area contributed by atoms with Crippen molar-refractivity contribution in [1.82, 2.24) is 5.16 Å². The highest BCUT2D eigenvalue weighted by atomic mass is 35.5. The molecule has 1 rings (SSSR count). The number of rotatable bonds is 0. The number of hydrogen-bond acceptors (Lipinski definition) is 3. The Bertz CT molecular complexity index is 181. The molecule has 0 atom stereocenters. The van der Waals surface area contributed by atoms with E-state index in [1.807, 2.05) is 0 Å². The highest BCUT2D eigenvalue weighted by Gasteiger charge is 1.81. The zero-order valence-corrected chi connectivity index (χ0v) is 6.00. The molecule has 0 aliphatic carbocycles. The molecule has 0 spiro atoms. The molecule has 0 fully saturated rings. The van der Waals surface area contributed by atoms with Crippen molar-refractivity contribution in [3.8, 4) is 0 Å². The van der Waals surface area contributed by atoms with Crippen LogP contribution in [0.3, 0.4) is 0 Å². The Kier molecular flexibility index (Phi) is 4.32. The van der Waals surface area contributed by atoms with E-state index in [0.29, 0.717) is 5.15 Å². The molecule has 1 aromatic heterocycles. The Labute approximate surface area is 62.4 Å². The van der Waals surface area contributed by atoms with Crippen LogP contribution in [0.1, 0.15) is 6.92 Å². The van der Waals surface area contributed by atoms with E-state index in [1.54, 1.807) is 6.07 Å². The molecule has 0 amide bonds. The van der Waals surface area contributed by atoms with Crippen LogP contribution < -0.4 is 0 Å². The molecule has 0 unspecified atom stereocenters. The van der Waals surface area contributed by atoms with Gasteiger partial charge in [-0.1, -0.05) is 16.8 Å². The maximum atomic E-state index is 9.00. The Morgan fingerprint density at radius 1 is 1.90 bits per heavy atom. The van der Waals surface area contributed by atoms with E-state index in [9.17, 15) is 0 Å². The average Bonchev–Trinajstić information content (AvgIpc) is 2.15. The van der Waals surface area contributed by atoms with Crippen molar-refractivity contribution in [2.75, 3.05) is 0 Å². The van der Waals surface area contributed by atoms with Gasteiger partial charge < -0.3 is 9.63 Å². The normalized spacial score (nSPS) is 7.80. The second-order valence-corrected chi connectivity index (χ2v) is 1.73. The summed E-state index contributed by atoms with van der Waals surface area (Å²) in [6, 6.07) is 1.57. The lowest BCUT2D eigenvalue weighted by atomic mass is 10.8. The fourth-order valence-electron chi connectivity index (χ4n) is 0.198. The quantitative estimate of drug-likeness (QED) is 0.628. The summed E-state index contributed by atoms with van der Waals surface area (Å²) in [6.45, 7) is 1.08. The fourth-order valence-corrected chi connectivity index (χ4v) is 0.289. The number of hydrogen-bond donors (Lipinski definition) is 1. The summed E-state index contributed by atoms with van der Waals surface area (Å²) in [5.74, 6) is -0.833. The van der Waals surface area contributed by atoms with Gasteiger partial charge >= 0.3 is 0 Å². The summed E-state index contributed by atoms with van der Waals surface area (Å²) in [5.41, 5.74) is 0. The van der Waals surface area contributed by atoms with E-state index in [2.05, 4.69) is 9.68 Å². The van der Waals surface area contributed by atoms with E-state index in [1.165, 1.54) is 6.26 Å². The number of carboxylic acids is 1. The summed E-state index contributed by atoms with van der Waals surface area (Å²) in [6.07, 6.45) is 1.42. The first-order chi connectivity index (χ1) is 4.63. The van der Waals surface area contributed by atoms with Crippen molar-refractivity contribution in [3.63, 3.8) is 0 Å². The van der Waals surface area contributed by atoms with Crippen molar-refractivity contribution < 1.29 is 14.4 Å². The molecule has 56 valence electrons. The SMILES string of the molecule is CC(=O)O.Clc1ccon1. The van der Waals surface area contributed by atoms with Gasteiger partial charge in [0.25, 0.3) is 5.97 Å². The van der Waals surface area contributed by atoms with Gasteiger partial charge in [-0.15, -0.1) is 0 Å². The molecule has 0 aromatic carbocycles. The Morgan fingerprint density at radius 3 is 2.50 bits per heavy atom. The topological polar surface area (TPSA) is 63.3 Å². The average molecular weight is 164 g/mol. The fraction of sp³-hybridized carbons (Fsp3) is 0.200. The number of nitrogens with zero attached hydrogens (tertiary/aromatic N) is 1. The van der Waals surface area contributed by atoms with Crippen molar-refractivity contribution >= 4 is 17.6 Å². The predicted octanol–water partition coefficient (Wildman–Crippen LogP) is 1.42. The van der Waals surface area contributed by atoms with Crippen LogP contribution in [-0.2, 0) is 4.79 Å². The molecule has 0 bridgehead atoms. The van der Waals surface area contributed by atoms with Gasteiger partial charge in [-0.2, -0.15) is 0 Å². The molecule has 0 aliphatic rings. The minimum absolute atomic E-state index is 0.398. The van der Waals surface area contributed by atoms with E-state index in [-0.39, 0.29) is 0 Å². The minimum atomic E-state index is -0.833. The van der Waals surface area contributed by atoms with Gasteiger partial charge in [0.15, 0.2) is 5.15 Å². The van der Waals surface area contributed by atoms with Crippen molar-refractivity contribution in [3.05, 3.63) is 17.5 Å². The van der Waals surface area contributed by atoms with E-state index < -0.39 is 5.97 Å². The summed E-state index contributed by atoms with van der Waals surface area (Å²) >= 11 is 5.25. The number of carboxylic acid groups (broad SMARTS) is 1. The minimum Gasteiger partial charge on any atom is -0.481 e. The van der Waals surface area contributed by atoms with Gasteiger partial charge in [-0.05, 0) is 0 Å². The largest absolute Gasteiger partial charge is 0.481 e. The first kappa shape index (κ1) is 8.97. The van der Waals surface area contributed by atoms with Crippen LogP contribution in [0.2, 0.25) is 5.15 Å². The maximum absolute atomic E-state index is 9.00. The molecular weight excluding hydrogens is 158 g/mol. The predicted molar refractivity (Wildman–Crippen MR) is 34.8 cm³/mol. The highest BCUT2D eigenvalue weighted by Crippen LogP contribution is 1.99. The maximum Gasteiger partial charge on any atom is 0.300 e. The molecule has 10 heavy (non-hydrogen) atoms. The van der Waals surface area contributed by atoms with E-state index in [4.69, 9.17) is 21.5 Å². The van der Waals surface area contributed by atoms with Gasteiger partial charge in [0.2, 0.25) is 0 Å². The third-order valence-electron chi connectivity index (χ3n) is 0.406. The number of carbonyl (C=O) groups is 1. The molecule has 4 nitrogen and oxygen atoms in total.